The maximum Gasteiger partial charge on any atom is 0.0971 e. The Morgan fingerprint density at radius 3 is 2.19 bits per heavy atom. The van der Waals surface area contributed by atoms with Gasteiger partial charge >= 0.3 is 0 Å². The van der Waals surface area contributed by atoms with Gasteiger partial charge in [-0.2, -0.15) is 0 Å². The Labute approximate surface area is 128 Å². The molecule has 0 spiro atoms. The summed E-state index contributed by atoms with van der Waals surface area (Å²) in [5, 5.41) is 3.23. The zero-order valence-electron chi connectivity index (χ0n) is 13.6. The average molecular weight is 292 g/mol. The Balaban J connectivity index is 1.92. The lowest BCUT2D eigenvalue weighted by Crippen LogP contribution is -2.27. The standard InChI is InChI=1S/C17H28N2O2/c1-13(9-18-2)15-7-5-14(6-8-15)10-19-11-16(20-3)17(12-19)21-4/h5-8,13,16-18H,9-12H2,1-4H3. The van der Waals surface area contributed by atoms with Crippen molar-refractivity contribution in [2.75, 3.05) is 40.9 Å². The highest BCUT2D eigenvalue weighted by molar-refractivity contribution is 5.25. The summed E-state index contributed by atoms with van der Waals surface area (Å²) in [6.07, 6.45) is 0.370. The van der Waals surface area contributed by atoms with Crippen molar-refractivity contribution in [2.24, 2.45) is 0 Å². The minimum atomic E-state index is 0.185. The monoisotopic (exact) mass is 292 g/mol. The van der Waals surface area contributed by atoms with Crippen LogP contribution in [0, 0.1) is 0 Å². The van der Waals surface area contributed by atoms with Crippen LogP contribution in [0.3, 0.4) is 0 Å². The second kappa shape index (κ2) is 7.90. The largest absolute Gasteiger partial charge is 0.377 e. The third kappa shape index (κ3) is 4.27. The van der Waals surface area contributed by atoms with Crippen molar-refractivity contribution in [3.8, 4) is 0 Å². The first-order valence-corrected chi connectivity index (χ1v) is 7.69. The molecule has 1 N–H and O–H groups in total. The highest BCUT2D eigenvalue weighted by atomic mass is 16.5. The van der Waals surface area contributed by atoms with E-state index in [0.29, 0.717) is 5.92 Å². The summed E-state index contributed by atoms with van der Waals surface area (Å²) in [6.45, 7) is 6.09. The van der Waals surface area contributed by atoms with Crippen molar-refractivity contribution < 1.29 is 9.47 Å². The van der Waals surface area contributed by atoms with Gasteiger partial charge in [0.1, 0.15) is 0 Å². The van der Waals surface area contributed by atoms with Crippen molar-refractivity contribution in [1.29, 1.82) is 0 Å². The number of nitrogens with one attached hydrogen (secondary N) is 1. The molecular weight excluding hydrogens is 264 g/mol. The molecule has 1 aromatic rings. The molecule has 0 saturated carbocycles. The van der Waals surface area contributed by atoms with Gasteiger partial charge in [-0.15, -0.1) is 0 Å². The van der Waals surface area contributed by atoms with Crippen LogP contribution in [0.4, 0.5) is 0 Å². The minimum Gasteiger partial charge on any atom is -0.377 e. The number of likely N-dealkylation sites (tertiary alicyclic amines) is 1. The fourth-order valence-electron chi connectivity index (χ4n) is 3.03. The van der Waals surface area contributed by atoms with Gasteiger partial charge < -0.3 is 14.8 Å². The van der Waals surface area contributed by atoms with Gasteiger partial charge in [0.25, 0.3) is 0 Å². The van der Waals surface area contributed by atoms with E-state index in [1.54, 1.807) is 14.2 Å². The molecular formula is C17H28N2O2. The third-order valence-corrected chi connectivity index (χ3v) is 4.36. The van der Waals surface area contributed by atoms with Crippen molar-refractivity contribution in [3.05, 3.63) is 35.4 Å². The first kappa shape index (κ1) is 16.4. The Morgan fingerprint density at radius 1 is 1.14 bits per heavy atom. The van der Waals surface area contributed by atoms with Crippen LogP contribution in [0.2, 0.25) is 0 Å². The Kier molecular flexibility index (Phi) is 6.18. The molecule has 1 aliphatic heterocycles. The highest BCUT2D eigenvalue weighted by Crippen LogP contribution is 2.20. The molecule has 3 atom stereocenters. The van der Waals surface area contributed by atoms with Gasteiger partial charge in [0, 0.05) is 40.4 Å². The molecule has 0 aromatic heterocycles. The predicted octanol–water partition coefficient (Wildman–Crippen LogP) is 1.86. The number of ether oxygens (including phenoxy) is 2. The van der Waals surface area contributed by atoms with Crippen molar-refractivity contribution >= 4 is 0 Å². The van der Waals surface area contributed by atoms with Gasteiger partial charge in [-0.3, -0.25) is 4.90 Å². The summed E-state index contributed by atoms with van der Waals surface area (Å²) in [5.41, 5.74) is 2.74. The Morgan fingerprint density at radius 2 is 1.71 bits per heavy atom. The van der Waals surface area contributed by atoms with Gasteiger partial charge in [0.2, 0.25) is 0 Å². The van der Waals surface area contributed by atoms with Crippen LogP contribution in [-0.4, -0.2) is 58.0 Å². The van der Waals surface area contributed by atoms with Gasteiger partial charge in [-0.25, -0.2) is 0 Å². The van der Waals surface area contributed by atoms with Crippen LogP contribution in [-0.2, 0) is 16.0 Å². The van der Waals surface area contributed by atoms with E-state index in [0.717, 1.165) is 26.2 Å². The van der Waals surface area contributed by atoms with Crippen LogP contribution in [0.1, 0.15) is 24.0 Å². The number of hydrogen-bond acceptors (Lipinski definition) is 4. The molecule has 1 fully saturated rings. The van der Waals surface area contributed by atoms with E-state index in [1.165, 1.54) is 11.1 Å². The second-order valence-corrected chi connectivity index (χ2v) is 5.94. The van der Waals surface area contributed by atoms with E-state index in [1.807, 2.05) is 7.05 Å². The third-order valence-electron chi connectivity index (χ3n) is 4.36. The normalized spacial score (nSPS) is 24.4. The smallest absolute Gasteiger partial charge is 0.0971 e. The highest BCUT2D eigenvalue weighted by Gasteiger charge is 2.32. The lowest BCUT2D eigenvalue weighted by molar-refractivity contribution is -0.00461. The summed E-state index contributed by atoms with van der Waals surface area (Å²) in [4.78, 5) is 2.40. The first-order valence-electron chi connectivity index (χ1n) is 7.69. The molecule has 1 heterocycles. The zero-order chi connectivity index (χ0) is 15.2. The fourth-order valence-corrected chi connectivity index (χ4v) is 3.03. The summed E-state index contributed by atoms with van der Waals surface area (Å²) in [5.74, 6) is 0.548. The fraction of sp³-hybridized carbons (Fsp3) is 0.647. The van der Waals surface area contributed by atoms with E-state index in [-0.39, 0.29) is 12.2 Å². The van der Waals surface area contributed by atoms with E-state index in [2.05, 4.69) is 41.4 Å². The van der Waals surface area contributed by atoms with Gasteiger partial charge in [-0.1, -0.05) is 31.2 Å². The molecule has 3 unspecified atom stereocenters. The molecule has 0 radical (unpaired) electrons. The van der Waals surface area contributed by atoms with Crippen LogP contribution < -0.4 is 5.32 Å². The van der Waals surface area contributed by atoms with Gasteiger partial charge in [-0.05, 0) is 24.1 Å². The predicted molar refractivity (Wildman–Crippen MR) is 85.7 cm³/mol. The van der Waals surface area contributed by atoms with Crippen LogP contribution in [0.25, 0.3) is 0 Å². The summed E-state index contributed by atoms with van der Waals surface area (Å²) < 4.78 is 11.0. The van der Waals surface area contributed by atoms with E-state index in [4.69, 9.17) is 9.47 Å². The topological polar surface area (TPSA) is 33.7 Å². The van der Waals surface area contributed by atoms with Crippen molar-refractivity contribution in [3.63, 3.8) is 0 Å². The number of benzene rings is 1. The number of nitrogens with zero attached hydrogens (tertiary/aromatic N) is 1. The average Bonchev–Trinajstić information content (AvgIpc) is 2.90. The number of rotatable bonds is 7. The van der Waals surface area contributed by atoms with Crippen molar-refractivity contribution in [1.82, 2.24) is 10.2 Å². The lowest BCUT2D eigenvalue weighted by Gasteiger charge is -2.16. The van der Waals surface area contributed by atoms with Crippen LogP contribution in [0.5, 0.6) is 0 Å². The number of hydrogen-bond donors (Lipinski definition) is 1. The quantitative estimate of drug-likeness (QED) is 0.832. The molecule has 4 heteroatoms. The van der Waals surface area contributed by atoms with Gasteiger partial charge in [0.05, 0.1) is 12.2 Å². The zero-order valence-corrected chi connectivity index (χ0v) is 13.6. The molecule has 21 heavy (non-hydrogen) atoms. The molecule has 118 valence electrons. The van der Waals surface area contributed by atoms with E-state index in [9.17, 15) is 0 Å². The Hall–Kier alpha value is -0.940. The summed E-state index contributed by atoms with van der Waals surface area (Å²) in [6, 6.07) is 8.97. The minimum absolute atomic E-state index is 0.185. The first-order chi connectivity index (χ1) is 10.2. The summed E-state index contributed by atoms with van der Waals surface area (Å²) >= 11 is 0. The van der Waals surface area contributed by atoms with Gasteiger partial charge in [0.15, 0.2) is 0 Å². The van der Waals surface area contributed by atoms with Crippen LogP contribution in [0.15, 0.2) is 24.3 Å². The van der Waals surface area contributed by atoms with Crippen molar-refractivity contribution in [2.45, 2.75) is 31.6 Å². The second-order valence-electron chi connectivity index (χ2n) is 5.94. The molecule has 0 amide bonds. The number of likely N-dealkylation sites (N-methyl/N-ethyl adjacent to an activating group) is 1. The molecule has 2 rings (SSSR count). The molecule has 1 aromatic carbocycles. The van der Waals surface area contributed by atoms with E-state index >= 15 is 0 Å². The Bertz CT molecular complexity index is 409. The summed E-state index contributed by atoms with van der Waals surface area (Å²) in [7, 11) is 5.52. The number of methoxy groups -OCH3 is 2. The molecule has 0 bridgehead atoms. The van der Waals surface area contributed by atoms with E-state index < -0.39 is 0 Å². The molecule has 1 saturated heterocycles. The molecule has 1 aliphatic rings. The maximum absolute atomic E-state index is 5.49. The van der Waals surface area contributed by atoms with Crippen LogP contribution >= 0.6 is 0 Å². The molecule has 4 nitrogen and oxygen atoms in total. The molecule has 0 aliphatic carbocycles. The SMILES string of the molecule is CNCC(C)c1ccc(CN2CC(OC)C(OC)C2)cc1. The maximum atomic E-state index is 5.49. The lowest BCUT2D eigenvalue weighted by atomic mass is 10.00.